The minimum atomic E-state index is 0.0976. The fourth-order valence-corrected chi connectivity index (χ4v) is 2.32. The van der Waals surface area contributed by atoms with Crippen LogP contribution in [0.1, 0.15) is 60.3 Å². The summed E-state index contributed by atoms with van der Waals surface area (Å²) in [5.41, 5.74) is 0.413. The molecule has 0 radical (unpaired) electrons. The van der Waals surface area contributed by atoms with Crippen molar-refractivity contribution in [2.75, 3.05) is 13.2 Å². The molecule has 0 saturated heterocycles. The van der Waals surface area contributed by atoms with Crippen LogP contribution in [0.5, 0.6) is 0 Å². The van der Waals surface area contributed by atoms with Crippen molar-refractivity contribution >= 4 is 5.91 Å². The van der Waals surface area contributed by atoms with Crippen LogP contribution in [0.2, 0.25) is 0 Å². The minimum absolute atomic E-state index is 0.0976. The maximum atomic E-state index is 11.5. The van der Waals surface area contributed by atoms with E-state index >= 15 is 0 Å². The van der Waals surface area contributed by atoms with Gasteiger partial charge >= 0.3 is 0 Å². The molecule has 0 unspecified atom stereocenters. The molecule has 0 fully saturated rings. The second kappa shape index (κ2) is 7.00. The molecule has 3 nitrogen and oxygen atoms in total. The quantitative estimate of drug-likeness (QED) is 0.675. The van der Waals surface area contributed by atoms with Gasteiger partial charge in [-0.3, -0.25) is 4.79 Å². The Morgan fingerprint density at radius 1 is 1.12 bits per heavy atom. The van der Waals surface area contributed by atoms with Crippen molar-refractivity contribution in [3.05, 3.63) is 0 Å². The predicted molar refractivity (Wildman–Crippen MR) is 71.8 cm³/mol. The molecule has 0 aliphatic rings. The molecule has 0 heterocycles. The number of aliphatic hydroxyl groups is 1. The molecule has 0 aromatic heterocycles. The molecule has 1 amide bonds. The second-order valence-electron chi connectivity index (χ2n) is 6.86. The molecule has 0 bridgehead atoms. The first-order valence-electron chi connectivity index (χ1n) is 6.54. The number of carbonyl (C=O) groups is 1. The Hall–Kier alpha value is -0.570. The Bertz CT molecular complexity index is 229. The standard InChI is InChI=1S/C14H29NO2/c1-13(2,3)10-14(4,5)11-15-12(17)8-6-7-9-16/h16H,6-11H2,1-5H3,(H,15,17). The third kappa shape index (κ3) is 10.3. The number of unbranched alkanes of at least 4 members (excludes halogenated alkanes) is 1. The molecule has 3 heteroatoms. The van der Waals surface area contributed by atoms with Gasteiger partial charge in [-0.2, -0.15) is 0 Å². The van der Waals surface area contributed by atoms with E-state index in [-0.39, 0.29) is 23.3 Å². The van der Waals surface area contributed by atoms with Crippen LogP contribution in [0.15, 0.2) is 0 Å². The lowest BCUT2D eigenvalue weighted by molar-refractivity contribution is -0.121. The van der Waals surface area contributed by atoms with E-state index in [0.717, 1.165) is 19.4 Å². The number of aliphatic hydroxyl groups excluding tert-OH is 1. The van der Waals surface area contributed by atoms with Crippen LogP contribution in [-0.4, -0.2) is 24.2 Å². The van der Waals surface area contributed by atoms with Crippen molar-refractivity contribution < 1.29 is 9.90 Å². The van der Waals surface area contributed by atoms with Gasteiger partial charge < -0.3 is 10.4 Å². The fraction of sp³-hybridized carbons (Fsp3) is 0.929. The largest absolute Gasteiger partial charge is 0.396 e. The van der Waals surface area contributed by atoms with Crippen LogP contribution in [0.25, 0.3) is 0 Å². The van der Waals surface area contributed by atoms with E-state index in [0.29, 0.717) is 12.8 Å². The fourth-order valence-electron chi connectivity index (χ4n) is 2.32. The molecule has 0 spiro atoms. The Labute approximate surface area is 106 Å². The molecular formula is C14H29NO2. The lowest BCUT2D eigenvalue weighted by Gasteiger charge is -2.32. The van der Waals surface area contributed by atoms with E-state index in [1.165, 1.54) is 0 Å². The summed E-state index contributed by atoms with van der Waals surface area (Å²) in [4.78, 5) is 11.5. The predicted octanol–water partition coefficient (Wildman–Crippen LogP) is 2.73. The third-order valence-corrected chi connectivity index (χ3v) is 2.58. The van der Waals surface area contributed by atoms with Crippen molar-refractivity contribution in [2.24, 2.45) is 10.8 Å². The van der Waals surface area contributed by atoms with Crippen molar-refractivity contribution in [3.63, 3.8) is 0 Å². The number of rotatable bonds is 7. The molecule has 0 saturated carbocycles. The summed E-state index contributed by atoms with van der Waals surface area (Å²) in [5, 5.41) is 11.6. The van der Waals surface area contributed by atoms with E-state index in [9.17, 15) is 4.79 Å². The topological polar surface area (TPSA) is 49.3 Å². The highest BCUT2D eigenvalue weighted by Crippen LogP contribution is 2.32. The van der Waals surface area contributed by atoms with Gasteiger partial charge in [0.05, 0.1) is 0 Å². The Balaban J connectivity index is 3.88. The average molecular weight is 243 g/mol. The molecular weight excluding hydrogens is 214 g/mol. The van der Waals surface area contributed by atoms with Crippen LogP contribution >= 0.6 is 0 Å². The molecule has 0 aromatic carbocycles. The molecule has 0 rings (SSSR count). The molecule has 0 aliphatic carbocycles. The van der Waals surface area contributed by atoms with E-state index < -0.39 is 0 Å². The van der Waals surface area contributed by atoms with Crippen LogP contribution in [0, 0.1) is 10.8 Å². The zero-order valence-electron chi connectivity index (χ0n) is 12.1. The highest BCUT2D eigenvalue weighted by Gasteiger charge is 2.25. The van der Waals surface area contributed by atoms with Gasteiger partial charge in [-0.15, -0.1) is 0 Å². The van der Waals surface area contributed by atoms with Crippen molar-refractivity contribution in [1.29, 1.82) is 0 Å². The minimum Gasteiger partial charge on any atom is -0.396 e. The third-order valence-electron chi connectivity index (χ3n) is 2.58. The Kier molecular flexibility index (Phi) is 6.76. The zero-order chi connectivity index (χ0) is 13.5. The van der Waals surface area contributed by atoms with Crippen LogP contribution < -0.4 is 5.32 Å². The number of nitrogens with one attached hydrogen (secondary N) is 1. The van der Waals surface area contributed by atoms with E-state index in [1.807, 2.05) is 0 Å². The van der Waals surface area contributed by atoms with Crippen molar-refractivity contribution in [1.82, 2.24) is 5.32 Å². The number of hydrogen-bond acceptors (Lipinski definition) is 2. The van der Waals surface area contributed by atoms with Gasteiger partial charge in [0, 0.05) is 19.6 Å². The lowest BCUT2D eigenvalue weighted by Crippen LogP contribution is -2.36. The molecule has 2 N–H and O–H groups in total. The maximum absolute atomic E-state index is 11.5. The molecule has 0 aliphatic heterocycles. The average Bonchev–Trinajstić information content (AvgIpc) is 2.12. The SMILES string of the molecule is CC(C)(C)CC(C)(C)CNC(=O)CCCCO. The molecule has 0 aromatic rings. The lowest BCUT2D eigenvalue weighted by atomic mass is 9.76. The van der Waals surface area contributed by atoms with Crippen molar-refractivity contribution in [2.45, 2.75) is 60.3 Å². The summed E-state index contributed by atoms with van der Waals surface area (Å²) in [6, 6.07) is 0. The number of amides is 1. The summed E-state index contributed by atoms with van der Waals surface area (Å²) in [7, 11) is 0. The Morgan fingerprint density at radius 2 is 1.71 bits per heavy atom. The highest BCUT2D eigenvalue weighted by atomic mass is 16.2. The van der Waals surface area contributed by atoms with E-state index in [2.05, 4.69) is 39.9 Å². The first-order valence-corrected chi connectivity index (χ1v) is 6.54. The Morgan fingerprint density at radius 3 is 2.18 bits per heavy atom. The summed E-state index contributed by atoms with van der Waals surface area (Å²) in [5.74, 6) is 0.0976. The smallest absolute Gasteiger partial charge is 0.220 e. The second-order valence-corrected chi connectivity index (χ2v) is 6.86. The first kappa shape index (κ1) is 16.4. The summed E-state index contributed by atoms with van der Waals surface area (Å²) >= 11 is 0. The highest BCUT2D eigenvalue weighted by molar-refractivity contribution is 5.75. The first-order chi connectivity index (χ1) is 7.66. The van der Waals surface area contributed by atoms with Gasteiger partial charge in [-0.1, -0.05) is 34.6 Å². The van der Waals surface area contributed by atoms with Gasteiger partial charge in [0.1, 0.15) is 0 Å². The molecule has 102 valence electrons. The summed E-state index contributed by atoms with van der Waals surface area (Å²) < 4.78 is 0. The van der Waals surface area contributed by atoms with E-state index in [1.54, 1.807) is 0 Å². The summed E-state index contributed by atoms with van der Waals surface area (Å²) in [6.45, 7) is 11.9. The van der Waals surface area contributed by atoms with Gasteiger partial charge in [0.15, 0.2) is 0 Å². The van der Waals surface area contributed by atoms with Gasteiger partial charge in [-0.25, -0.2) is 0 Å². The normalized spacial score (nSPS) is 12.6. The summed E-state index contributed by atoms with van der Waals surface area (Å²) in [6.07, 6.45) is 3.07. The van der Waals surface area contributed by atoms with Gasteiger partial charge in [0.2, 0.25) is 5.91 Å². The number of carbonyl (C=O) groups excluding carboxylic acids is 1. The number of hydrogen-bond donors (Lipinski definition) is 2. The monoisotopic (exact) mass is 243 g/mol. The molecule has 0 atom stereocenters. The zero-order valence-corrected chi connectivity index (χ0v) is 12.1. The van der Waals surface area contributed by atoms with Crippen LogP contribution in [0.3, 0.4) is 0 Å². The molecule has 17 heavy (non-hydrogen) atoms. The van der Waals surface area contributed by atoms with E-state index in [4.69, 9.17) is 5.11 Å². The van der Waals surface area contributed by atoms with Gasteiger partial charge in [0.25, 0.3) is 0 Å². The van der Waals surface area contributed by atoms with Crippen molar-refractivity contribution in [3.8, 4) is 0 Å². The van der Waals surface area contributed by atoms with Gasteiger partial charge in [-0.05, 0) is 30.1 Å². The maximum Gasteiger partial charge on any atom is 0.220 e. The van der Waals surface area contributed by atoms with Crippen LogP contribution in [-0.2, 0) is 4.79 Å². The van der Waals surface area contributed by atoms with Crippen LogP contribution in [0.4, 0.5) is 0 Å².